The number of esters is 1. The van der Waals surface area contributed by atoms with Gasteiger partial charge in [-0.2, -0.15) is 0 Å². The van der Waals surface area contributed by atoms with Crippen LogP contribution in [0.1, 0.15) is 54.4 Å². The summed E-state index contributed by atoms with van der Waals surface area (Å²) < 4.78 is 6.28. The quantitative estimate of drug-likeness (QED) is 0.296. The number of amides is 3. The molecule has 0 aromatic heterocycles. The smallest absolute Gasteiger partial charge is 0.329 e. The third kappa shape index (κ3) is 4.35. The van der Waals surface area contributed by atoms with E-state index in [4.69, 9.17) is 4.74 Å². The number of carbonyl (C=O) groups excluding carboxylic acids is 4. The number of rotatable bonds is 7. The van der Waals surface area contributed by atoms with E-state index in [0.717, 1.165) is 31.6 Å². The molecule has 3 aliphatic carbocycles. The number of hydrogen-bond acceptors (Lipinski definition) is 5. The van der Waals surface area contributed by atoms with Crippen molar-refractivity contribution >= 4 is 45.3 Å². The zero-order chi connectivity index (χ0) is 28.1. The zero-order valence-electron chi connectivity index (χ0n) is 22.2. The first-order valence-corrected chi connectivity index (χ1v) is 14.3. The predicted octanol–water partition coefficient (Wildman–Crippen LogP) is 5.24. The van der Waals surface area contributed by atoms with Gasteiger partial charge in [0.1, 0.15) is 6.04 Å². The molecule has 8 heteroatoms. The van der Waals surface area contributed by atoms with Gasteiger partial charge >= 0.3 is 5.97 Å². The van der Waals surface area contributed by atoms with Crippen molar-refractivity contribution in [3.8, 4) is 0 Å². The second-order valence-electron chi connectivity index (χ2n) is 11.1. The molecule has 1 heterocycles. The van der Waals surface area contributed by atoms with Crippen molar-refractivity contribution in [2.75, 3.05) is 11.9 Å². The fraction of sp³-hybridized carbons (Fsp3) is 0.312. The average Bonchev–Trinajstić information content (AvgIpc) is 3.21. The van der Waals surface area contributed by atoms with Gasteiger partial charge in [0.2, 0.25) is 11.8 Å². The summed E-state index contributed by atoms with van der Waals surface area (Å²) in [6.45, 7) is 3.33. The third-order valence-corrected chi connectivity index (χ3v) is 8.76. The molecule has 3 aromatic rings. The maximum Gasteiger partial charge on any atom is 0.329 e. The molecule has 1 saturated heterocycles. The molecule has 3 atom stereocenters. The van der Waals surface area contributed by atoms with Crippen LogP contribution in [0.25, 0.3) is 0 Å². The second kappa shape index (κ2) is 10.3. The number of nitrogens with zero attached hydrogens (tertiary/aromatic N) is 1. The van der Waals surface area contributed by atoms with Gasteiger partial charge < -0.3 is 10.1 Å². The van der Waals surface area contributed by atoms with Crippen molar-refractivity contribution in [1.29, 1.82) is 0 Å². The van der Waals surface area contributed by atoms with E-state index in [9.17, 15) is 19.2 Å². The molecule has 7 rings (SSSR count). The van der Waals surface area contributed by atoms with E-state index >= 15 is 0 Å². The number of halogens is 1. The number of benzene rings is 3. The SMILES string of the molecule is CC(C)C[C@H](C(=O)OCC(=O)Nc1ccc(Br)cc1)N1C(=O)[C@@H]2C3c4ccccc4C(c4ccccc43)[C@@H]2C1=O. The molecule has 2 bridgehead atoms. The van der Waals surface area contributed by atoms with Crippen LogP contribution in [-0.2, 0) is 23.9 Å². The van der Waals surface area contributed by atoms with Crippen LogP contribution in [0, 0.1) is 17.8 Å². The number of likely N-dealkylation sites (tertiary alicyclic amines) is 1. The van der Waals surface area contributed by atoms with Gasteiger partial charge in [-0.3, -0.25) is 19.3 Å². The van der Waals surface area contributed by atoms with Crippen molar-refractivity contribution in [2.45, 2.75) is 38.1 Å². The molecule has 0 unspecified atom stereocenters. The molecular weight excluding hydrogens is 572 g/mol. The molecule has 3 amide bonds. The van der Waals surface area contributed by atoms with Crippen LogP contribution in [0.15, 0.2) is 77.3 Å². The molecule has 0 radical (unpaired) electrons. The van der Waals surface area contributed by atoms with Crippen LogP contribution in [0.3, 0.4) is 0 Å². The number of hydrogen-bond donors (Lipinski definition) is 1. The average molecular weight is 601 g/mol. The Labute approximate surface area is 241 Å². The lowest BCUT2D eigenvalue weighted by molar-refractivity contribution is -0.160. The van der Waals surface area contributed by atoms with Gasteiger partial charge in [-0.25, -0.2) is 4.79 Å². The molecular formula is C32H29BrN2O5. The molecule has 1 fully saturated rings. The lowest BCUT2D eigenvalue weighted by Crippen LogP contribution is -2.47. The summed E-state index contributed by atoms with van der Waals surface area (Å²) in [6, 6.07) is 22.0. The van der Waals surface area contributed by atoms with E-state index < -0.39 is 36.4 Å². The Kier molecular flexibility index (Phi) is 6.82. The van der Waals surface area contributed by atoms with Crippen LogP contribution in [0.2, 0.25) is 0 Å². The molecule has 0 spiro atoms. The summed E-state index contributed by atoms with van der Waals surface area (Å²) in [4.78, 5) is 55.3. The van der Waals surface area contributed by atoms with Crippen LogP contribution in [-0.4, -0.2) is 41.2 Å². The fourth-order valence-corrected chi connectivity index (χ4v) is 6.99. The first-order valence-electron chi connectivity index (χ1n) is 13.5. The van der Waals surface area contributed by atoms with E-state index in [0.29, 0.717) is 5.69 Å². The van der Waals surface area contributed by atoms with Gasteiger partial charge in [-0.05, 0) is 58.9 Å². The van der Waals surface area contributed by atoms with E-state index in [1.807, 2.05) is 62.4 Å². The summed E-state index contributed by atoms with van der Waals surface area (Å²) in [5.74, 6) is -3.59. The Morgan fingerprint density at radius 3 is 1.75 bits per heavy atom. The van der Waals surface area contributed by atoms with E-state index in [2.05, 4.69) is 21.2 Å². The van der Waals surface area contributed by atoms with Crippen molar-refractivity contribution in [1.82, 2.24) is 4.90 Å². The van der Waals surface area contributed by atoms with Crippen LogP contribution < -0.4 is 5.32 Å². The maximum absolute atomic E-state index is 14.1. The molecule has 7 nitrogen and oxygen atoms in total. The fourth-order valence-electron chi connectivity index (χ4n) is 6.72. The van der Waals surface area contributed by atoms with E-state index in [1.54, 1.807) is 24.3 Å². The highest BCUT2D eigenvalue weighted by atomic mass is 79.9. The minimum atomic E-state index is -1.10. The van der Waals surface area contributed by atoms with Crippen molar-refractivity contribution in [3.05, 3.63) is 99.5 Å². The summed E-state index contributed by atoms with van der Waals surface area (Å²) in [5.41, 5.74) is 4.85. The van der Waals surface area contributed by atoms with Crippen molar-refractivity contribution in [3.63, 3.8) is 0 Å². The standard InChI is InChI=1S/C32H29BrN2O5/c1-17(2)15-24(32(39)40-16-25(36)34-19-13-11-18(33)12-14-19)35-30(37)28-26-20-7-3-4-8-21(20)27(29(28)31(35)38)23-10-6-5-9-22(23)26/h3-14,17,24,26-29H,15-16H2,1-2H3,(H,34,36)/t24-,26?,27?,28-,29+/m1/s1. The Morgan fingerprint density at radius 2 is 1.30 bits per heavy atom. The normalized spacial score (nSPS) is 22.9. The molecule has 40 heavy (non-hydrogen) atoms. The lowest BCUT2D eigenvalue weighted by Gasteiger charge is -2.45. The molecule has 3 aromatic carbocycles. The van der Waals surface area contributed by atoms with Gasteiger partial charge in [0.05, 0.1) is 11.8 Å². The van der Waals surface area contributed by atoms with Crippen molar-refractivity contribution < 1.29 is 23.9 Å². The Hall–Kier alpha value is -3.78. The first kappa shape index (κ1) is 26.4. The second-order valence-corrected chi connectivity index (χ2v) is 12.0. The van der Waals surface area contributed by atoms with Gasteiger partial charge in [-0.15, -0.1) is 0 Å². The van der Waals surface area contributed by atoms with Gasteiger partial charge in [0, 0.05) is 22.0 Å². The number of nitrogens with one attached hydrogen (secondary N) is 1. The van der Waals surface area contributed by atoms with Gasteiger partial charge in [0.25, 0.3) is 5.91 Å². The number of imide groups is 1. The molecule has 0 saturated carbocycles. The van der Waals surface area contributed by atoms with Crippen molar-refractivity contribution in [2.24, 2.45) is 17.8 Å². The highest BCUT2D eigenvalue weighted by molar-refractivity contribution is 9.10. The summed E-state index contributed by atoms with van der Waals surface area (Å²) in [6.07, 6.45) is 0.249. The summed E-state index contributed by atoms with van der Waals surface area (Å²) in [5, 5.41) is 2.69. The minimum Gasteiger partial charge on any atom is -0.454 e. The first-order chi connectivity index (χ1) is 19.3. The Bertz CT molecular complexity index is 1400. The molecule has 4 aliphatic rings. The van der Waals surface area contributed by atoms with Crippen LogP contribution in [0.5, 0.6) is 0 Å². The molecule has 1 N–H and O–H groups in total. The lowest BCUT2D eigenvalue weighted by atomic mass is 9.55. The molecule has 204 valence electrons. The minimum absolute atomic E-state index is 0.00323. The molecule has 1 aliphatic heterocycles. The zero-order valence-corrected chi connectivity index (χ0v) is 23.8. The number of anilines is 1. The maximum atomic E-state index is 14.1. The predicted molar refractivity (Wildman–Crippen MR) is 152 cm³/mol. The largest absolute Gasteiger partial charge is 0.454 e. The monoisotopic (exact) mass is 600 g/mol. The van der Waals surface area contributed by atoms with E-state index in [-0.39, 0.29) is 36.0 Å². The van der Waals surface area contributed by atoms with E-state index in [1.165, 1.54) is 0 Å². The van der Waals surface area contributed by atoms with Gasteiger partial charge in [-0.1, -0.05) is 78.3 Å². The highest BCUT2D eigenvalue weighted by Crippen LogP contribution is 2.61. The van der Waals surface area contributed by atoms with Crippen LogP contribution in [0.4, 0.5) is 5.69 Å². The van der Waals surface area contributed by atoms with Gasteiger partial charge in [0.15, 0.2) is 6.61 Å². The van der Waals surface area contributed by atoms with Crippen LogP contribution >= 0.6 is 15.9 Å². The number of carbonyl (C=O) groups is 4. The topological polar surface area (TPSA) is 92.8 Å². The summed E-state index contributed by atoms with van der Waals surface area (Å²) in [7, 11) is 0. The summed E-state index contributed by atoms with van der Waals surface area (Å²) >= 11 is 3.35. The Balaban J connectivity index is 1.27. The number of ether oxygens (including phenoxy) is 1. The highest BCUT2D eigenvalue weighted by Gasteiger charge is 2.63. The Morgan fingerprint density at radius 1 is 0.825 bits per heavy atom. The third-order valence-electron chi connectivity index (χ3n) is 8.23.